The third kappa shape index (κ3) is 1.48. The number of nitrogens with two attached hydrogens (primary N) is 1. The van der Waals surface area contributed by atoms with E-state index >= 15 is 0 Å². The van der Waals surface area contributed by atoms with Crippen molar-refractivity contribution in [3.63, 3.8) is 0 Å². The molecule has 7 heteroatoms. The van der Waals surface area contributed by atoms with E-state index in [9.17, 15) is 9.59 Å². The number of likely N-dealkylation sites (N-methyl/N-ethyl adjacent to an activating group) is 2. The van der Waals surface area contributed by atoms with Gasteiger partial charge in [-0.05, 0) is 0 Å². The summed E-state index contributed by atoms with van der Waals surface area (Å²) < 4.78 is 0. The quantitative estimate of drug-likeness (QED) is 0.420. The van der Waals surface area contributed by atoms with Gasteiger partial charge in [0, 0.05) is 20.6 Å². The summed E-state index contributed by atoms with van der Waals surface area (Å²) in [5, 5.41) is 6.05. The first kappa shape index (κ1) is 10.3. The summed E-state index contributed by atoms with van der Waals surface area (Å²) in [4.78, 5) is 26.0. The standard InChI is InChI=1S/C8H15N5O2/c1-12-6-5(10-3-4(9)11-6)7(14)13(2)8(12)15/h4-6,10-11H,3,9H2,1-2H3. The van der Waals surface area contributed by atoms with Gasteiger partial charge >= 0.3 is 6.03 Å². The van der Waals surface area contributed by atoms with Crippen molar-refractivity contribution in [2.75, 3.05) is 20.6 Å². The first-order valence-corrected chi connectivity index (χ1v) is 4.81. The molecule has 0 radical (unpaired) electrons. The predicted molar refractivity (Wildman–Crippen MR) is 52.6 cm³/mol. The number of hydrogen-bond donors (Lipinski definition) is 3. The molecule has 0 aromatic carbocycles. The second-order valence-corrected chi connectivity index (χ2v) is 3.89. The van der Waals surface area contributed by atoms with Crippen LogP contribution in [0.1, 0.15) is 0 Å². The number of carbonyl (C=O) groups excluding carboxylic acids is 2. The number of hydrogen-bond acceptors (Lipinski definition) is 5. The minimum Gasteiger partial charge on any atom is -0.315 e. The van der Waals surface area contributed by atoms with Crippen molar-refractivity contribution in [3.05, 3.63) is 0 Å². The number of nitrogens with one attached hydrogen (secondary N) is 2. The summed E-state index contributed by atoms with van der Waals surface area (Å²) in [6.07, 6.45) is -0.595. The molecule has 15 heavy (non-hydrogen) atoms. The molecule has 2 aliphatic rings. The Kier molecular flexibility index (Phi) is 2.37. The Hall–Kier alpha value is -1.18. The number of fused-ring (bicyclic) bond motifs is 1. The van der Waals surface area contributed by atoms with Crippen LogP contribution in [0, 0.1) is 0 Å². The maximum Gasteiger partial charge on any atom is 0.327 e. The van der Waals surface area contributed by atoms with E-state index in [1.807, 2.05) is 0 Å². The van der Waals surface area contributed by atoms with Crippen molar-refractivity contribution < 1.29 is 9.59 Å². The molecule has 0 aromatic heterocycles. The van der Waals surface area contributed by atoms with E-state index in [2.05, 4.69) is 10.6 Å². The molecule has 2 heterocycles. The van der Waals surface area contributed by atoms with Gasteiger partial charge in [-0.2, -0.15) is 0 Å². The van der Waals surface area contributed by atoms with Crippen LogP contribution in [0.3, 0.4) is 0 Å². The molecule has 2 aliphatic heterocycles. The van der Waals surface area contributed by atoms with E-state index < -0.39 is 6.04 Å². The Balaban J connectivity index is 2.24. The molecule has 0 saturated carbocycles. The first-order valence-electron chi connectivity index (χ1n) is 4.81. The van der Waals surface area contributed by atoms with Crippen LogP contribution in [0.25, 0.3) is 0 Å². The van der Waals surface area contributed by atoms with E-state index in [0.717, 1.165) is 4.90 Å². The largest absolute Gasteiger partial charge is 0.327 e. The summed E-state index contributed by atoms with van der Waals surface area (Å²) in [5.74, 6) is -0.220. The third-order valence-corrected chi connectivity index (χ3v) is 2.86. The molecular formula is C8H15N5O2. The molecule has 0 aromatic rings. The first-order chi connectivity index (χ1) is 7.02. The number of carbonyl (C=O) groups is 2. The Morgan fingerprint density at radius 1 is 1.40 bits per heavy atom. The van der Waals surface area contributed by atoms with E-state index in [-0.39, 0.29) is 24.3 Å². The van der Waals surface area contributed by atoms with Crippen LogP contribution < -0.4 is 16.4 Å². The van der Waals surface area contributed by atoms with Gasteiger partial charge < -0.3 is 16.0 Å². The van der Waals surface area contributed by atoms with Crippen molar-refractivity contribution in [3.8, 4) is 0 Å². The van der Waals surface area contributed by atoms with Gasteiger partial charge in [0.1, 0.15) is 12.2 Å². The molecule has 3 amide bonds. The van der Waals surface area contributed by atoms with E-state index in [1.54, 1.807) is 7.05 Å². The summed E-state index contributed by atoms with van der Waals surface area (Å²) >= 11 is 0. The van der Waals surface area contributed by atoms with Gasteiger partial charge in [0.05, 0.1) is 6.17 Å². The van der Waals surface area contributed by atoms with Gasteiger partial charge in [0.25, 0.3) is 5.91 Å². The zero-order valence-corrected chi connectivity index (χ0v) is 8.73. The van der Waals surface area contributed by atoms with E-state index in [4.69, 9.17) is 5.73 Å². The van der Waals surface area contributed by atoms with Crippen molar-refractivity contribution in [1.29, 1.82) is 0 Å². The van der Waals surface area contributed by atoms with Crippen molar-refractivity contribution in [2.45, 2.75) is 18.4 Å². The number of urea groups is 1. The smallest absolute Gasteiger partial charge is 0.315 e. The number of piperazine rings is 1. The van der Waals surface area contributed by atoms with Crippen LogP contribution in [-0.2, 0) is 4.79 Å². The molecule has 7 nitrogen and oxygen atoms in total. The highest BCUT2D eigenvalue weighted by molar-refractivity contribution is 6.00. The van der Waals surface area contributed by atoms with E-state index in [1.165, 1.54) is 11.9 Å². The fraction of sp³-hybridized carbons (Fsp3) is 0.750. The van der Waals surface area contributed by atoms with Crippen LogP contribution in [0.15, 0.2) is 0 Å². The molecule has 2 saturated heterocycles. The van der Waals surface area contributed by atoms with Gasteiger partial charge in [-0.15, -0.1) is 0 Å². The molecule has 2 rings (SSSR count). The predicted octanol–water partition coefficient (Wildman–Crippen LogP) is -2.32. The normalized spacial score (nSPS) is 36.9. The third-order valence-electron chi connectivity index (χ3n) is 2.86. The highest BCUT2D eigenvalue weighted by Gasteiger charge is 2.45. The maximum absolute atomic E-state index is 11.8. The molecule has 84 valence electrons. The van der Waals surface area contributed by atoms with Gasteiger partial charge in [0.15, 0.2) is 0 Å². The summed E-state index contributed by atoms with van der Waals surface area (Å²) in [6, 6.07) is -0.720. The van der Waals surface area contributed by atoms with E-state index in [0.29, 0.717) is 6.54 Å². The zero-order valence-electron chi connectivity index (χ0n) is 8.73. The topological polar surface area (TPSA) is 90.7 Å². The van der Waals surface area contributed by atoms with Gasteiger partial charge in [-0.3, -0.25) is 15.0 Å². The van der Waals surface area contributed by atoms with Crippen LogP contribution >= 0.6 is 0 Å². The lowest BCUT2D eigenvalue weighted by Crippen LogP contribution is -2.76. The zero-order chi connectivity index (χ0) is 11.2. The fourth-order valence-corrected chi connectivity index (χ4v) is 1.96. The van der Waals surface area contributed by atoms with Crippen LogP contribution in [0.4, 0.5) is 4.79 Å². The maximum atomic E-state index is 11.8. The lowest BCUT2D eigenvalue weighted by molar-refractivity contribution is -0.136. The van der Waals surface area contributed by atoms with Gasteiger partial charge in [-0.25, -0.2) is 4.79 Å². The van der Waals surface area contributed by atoms with Crippen molar-refractivity contribution >= 4 is 11.9 Å². The minimum absolute atomic E-state index is 0.220. The Labute approximate surface area is 87.6 Å². The highest BCUT2D eigenvalue weighted by Crippen LogP contribution is 2.15. The molecule has 0 spiro atoms. The molecule has 0 bridgehead atoms. The van der Waals surface area contributed by atoms with Crippen molar-refractivity contribution in [2.24, 2.45) is 5.73 Å². The average molecular weight is 213 g/mol. The SMILES string of the molecule is CN1C(=O)C2NCC(N)NC2N(C)C1=O. The number of imide groups is 1. The molecule has 0 aliphatic carbocycles. The number of rotatable bonds is 0. The molecule has 3 atom stereocenters. The van der Waals surface area contributed by atoms with Crippen LogP contribution in [0.2, 0.25) is 0 Å². The van der Waals surface area contributed by atoms with Gasteiger partial charge in [-0.1, -0.05) is 0 Å². The lowest BCUT2D eigenvalue weighted by Gasteiger charge is -2.46. The Morgan fingerprint density at radius 3 is 2.73 bits per heavy atom. The summed E-state index contributed by atoms with van der Waals surface area (Å²) in [7, 11) is 3.13. The molecular weight excluding hydrogens is 198 g/mol. The second-order valence-electron chi connectivity index (χ2n) is 3.89. The number of amides is 3. The average Bonchev–Trinajstić information content (AvgIpc) is 2.23. The minimum atomic E-state index is -0.405. The summed E-state index contributed by atoms with van der Waals surface area (Å²) in [6.45, 7) is 0.517. The number of nitrogens with zero attached hydrogens (tertiary/aromatic N) is 2. The Morgan fingerprint density at radius 2 is 2.07 bits per heavy atom. The Bertz CT molecular complexity index is 307. The van der Waals surface area contributed by atoms with Crippen LogP contribution in [-0.4, -0.2) is 60.8 Å². The second kappa shape index (κ2) is 3.44. The fourth-order valence-electron chi connectivity index (χ4n) is 1.96. The molecule has 3 unspecified atom stereocenters. The monoisotopic (exact) mass is 213 g/mol. The lowest BCUT2D eigenvalue weighted by atomic mass is 10.1. The van der Waals surface area contributed by atoms with Gasteiger partial charge in [0.2, 0.25) is 0 Å². The summed E-state index contributed by atoms with van der Waals surface area (Å²) in [5.41, 5.74) is 5.69. The van der Waals surface area contributed by atoms with Crippen molar-refractivity contribution in [1.82, 2.24) is 20.4 Å². The van der Waals surface area contributed by atoms with Crippen LogP contribution in [0.5, 0.6) is 0 Å². The molecule has 2 fully saturated rings. The molecule has 4 N–H and O–H groups in total. The highest BCUT2D eigenvalue weighted by atomic mass is 16.2.